The lowest BCUT2D eigenvalue weighted by molar-refractivity contribution is 0.257. The van der Waals surface area contributed by atoms with Crippen molar-refractivity contribution in [1.82, 2.24) is 0 Å². The van der Waals surface area contributed by atoms with Crippen molar-refractivity contribution in [3.8, 4) is 11.8 Å². The molecule has 4 nitrogen and oxygen atoms in total. The van der Waals surface area contributed by atoms with Crippen LogP contribution in [-0.4, -0.2) is 20.8 Å². The standard InChI is InChI=1S/C12H14ClNO3S/c1-2-10(9-18(13,15)16)8-17-12-6-4-3-5-11(12)7-14/h3-6,10H,2,8-9H2,1H3. The van der Waals surface area contributed by atoms with E-state index in [4.69, 9.17) is 20.7 Å². The molecule has 18 heavy (non-hydrogen) atoms. The Hall–Kier alpha value is -1.25. The first-order chi connectivity index (χ1) is 8.46. The summed E-state index contributed by atoms with van der Waals surface area (Å²) in [4.78, 5) is 0. The zero-order valence-corrected chi connectivity index (χ0v) is 11.5. The van der Waals surface area contributed by atoms with Crippen molar-refractivity contribution in [3.63, 3.8) is 0 Å². The number of benzene rings is 1. The van der Waals surface area contributed by atoms with Crippen LogP contribution in [0.15, 0.2) is 24.3 Å². The fourth-order valence-electron chi connectivity index (χ4n) is 1.46. The smallest absolute Gasteiger partial charge is 0.232 e. The van der Waals surface area contributed by atoms with Crippen molar-refractivity contribution in [3.05, 3.63) is 29.8 Å². The van der Waals surface area contributed by atoms with E-state index in [0.29, 0.717) is 17.7 Å². The fourth-order valence-corrected chi connectivity index (χ4v) is 2.89. The van der Waals surface area contributed by atoms with Gasteiger partial charge in [0, 0.05) is 16.6 Å². The third-order valence-corrected chi connectivity index (χ3v) is 3.74. The minimum atomic E-state index is -3.53. The van der Waals surface area contributed by atoms with Gasteiger partial charge in [-0.25, -0.2) is 8.42 Å². The molecular weight excluding hydrogens is 274 g/mol. The number of halogens is 1. The highest BCUT2D eigenvalue weighted by Crippen LogP contribution is 2.19. The molecule has 0 aliphatic heterocycles. The Morgan fingerprint density at radius 2 is 2.11 bits per heavy atom. The summed E-state index contributed by atoms with van der Waals surface area (Å²) in [6.07, 6.45) is 0.640. The van der Waals surface area contributed by atoms with Gasteiger partial charge >= 0.3 is 0 Å². The Morgan fingerprint density at radius 1 is 1.44 bits per heavy atom. The SMILES string of the molecule is CCC(COc1ccccc1C#N)CS(=O)(=O)Cl. The molecule has 1 unspecified atom stereocenters. The van der Waals surface area contributed by atoms with Crippen molar-refractivity contribution < 1.29 is 13.2 Å². The molecule has 0 spiro atoms. The molecule has 0 radical (unpaired) electrons. The molecule has 0 heterocycles. The fraction of sp³-hybridized carbons (Fsp3) is 0.417. The number of hydrogen-bond donors (Lipinski definition) is 0. The summed E-state index contributed by atoms with van der Waals surface area (Å²) in [5, 5.41) is 8.88. The minimum absolute atomic E-state index is 0.125. The first-order valence-electron chi connectivity index (χ1n) is 5.50. The van der Waals surface area contributed by atoms with E-state index in [-0.39, 0.29) is 18.3 Å². The molecular formula is C12H14ClNO3S. The molecule has 1 aromatic carbocycles. The summed E-state index contributed by atoms with van der Waals surface area (Å²) in [7, 11) is 1.68. The maximum atomic E-state index is 11.0. The third-order valence-electron chi connectivity index (χ3n) is 2.49. The summed E-state index contributed by atoms with van der Waals surface area (Å²) in [6, 6.07) is 8.85. The van der Waals surface area contributed by atoms with Crippen LogP contribution in [0.1, 0.15) is 18.9 Å². The first-order valence-corrected chi connectivity index (χ1v) is 7.98. The summed E-state index contributed by atoms with van der Waals surface area (Å²) in [6.45, 7) is 2.09. The zero-order valence-electron chi connectivity index (χ0n) is 9.97. The quantitative estimate of drug-likeness (QED) is 0.754. The van der Waals surface area contributed by atoms with E-state index in [1.54, 1.807) is 24.3 Å². The van der Waals surface area contributed by atoms with Crippen LogP contribution in [0.5, 0.6) is 5.75 Å². The van der Waals surface area contributed by atoms with Gasteiger partial charge in [-0.15, -0.1) is 0 Å². The maximum absolute atomic E-state index is 11.0. The van der Waals surface area contributed by atoms with E-state index in [2.05, 4.69) is 0 Å². The Bertz CT molecular complexity index is 536. The van der Waals surface area contributed by atoms with E-state index in [0.717, 1.165) is 0 Å². The van der Waals surface area contributed by atoms with Gasteiger partial charge < -0.3 is 4.74 Å². The Kier molecular flexibility index (Phi) is 5.45. The zero-order chi connectivity index (χ0) is 13.6. The third kappa shape index (κ3) is 4.94. The lowest BCUT2D eigenvalue weighted by atomic mass is 10.1. The van der Waals surface area contributed by atoms with Gasteiger partial charge in [0.25, 0.3) is 0 Å². The van der Waals surface area contributed by atoms with Crippen LogP contribution in [0.3, 0.4) is 0 Å². The van der Waals surface area contributed by atoms with Crippen LogP contribution in [0.25, 0.3) is 0 Å². The monoisotopic (exact) mass is 287 g/mol. The molecule has 0 fully saturated rings. The number of para-hydroxylation sites is 1. The largest absolute Gasteiger partial charge is 0.492 e. The van der Waals surface area contributed by atoms with Crippen molar-refractivity contribution in [2.24, 2.45) is 5.92 Å². The van der Waals surface area contributed by atoms with E-state index >= 15 is 0 Å². The predicted octanol–water partition coefficient (Wildman–Crippen LogP) is 2.53. The van der Waals surface area contributed by atoms with Crippen LogP contribution in [0, 0.1) is 17.2 Å². The number of nitrogens with zero attached hydrogens (tertiary/aromatic N) is 1. The van der Waals surface area contributed by atoms with Crippen molar-refractivity contribution in [1.29, 1.82) is 5.26 Å². The van der Waals surface area contributed by atoms with E-state index < -0.39 is 9.05 Å². The average molecular weight is 288 g/mol. The lowest BCUT2D eigenvalue weighted by Crippen LogP contribution is -2.19. The van der Waals surface area contributed by atoms with Crippen LogP contribution in [0.2, 0.25) is 0 Å². The van der Waals surface area contributed by atoms with Crippen LogP contribution in [0.4, 0.5) is 0 Å². The molecule has 0 aliphatic carbocycles. The Labute approximate surface area is 112 Å². The van der Waals surface area contributed by atoms with Crippen LogP contribution >= 0.6 is 10.7 Å². The van der Waals surface area contributed by atoms with E-state index in [1.807, 2.05) is 13.0 Å². The second kappa shape index (κ2) is 6.62. The minimum Gasteiger partial charge on any atom is -0.492 e. The van der Waals surface area contributed by atoms with Crippen LogP contribution < -0.4 is 4.74 Å². The summed E-state index contributed by atoms with van der Waals surface area (Å²) < 4.78 is 27.5. The molecule has 98 valence electrons. The number of nitriles is 1. The number of hydrogen-bond acceptors (Lipinski definition) is 4. The van der Waals surface area contributed by atoms with Gasteiger partial charge in [0.2, 0.25) is 9.05 Å². The topological polar surface area (TPSA) is 67.2 Å². The molecule has 1 aromatic rings. The Morgan fingerprint density at radius 3 is 2.67 bits per heavy atom. The van der Waals surface area contributed by atoms with E-state index in [9.17, 15) is 8.42 Å². The van der Waals surface area contributed by atoms with Crippen molar-refractivity contribution in [2.75, 3.05) is 12.4 Å². The summed E-state index contributed by atoms with van der Waals surface area (Å²) in [5.74, 6) is 0.157. The summed E-state index contributed by atoms with van der Waals surface area (Å²) in [5.41, 5.74) is 0.432. The molecule has 0 bridgehead atoms. The molecule has 0 saturated heterocycles. The van der Waals surface area contributed by atoms with Gasteiger partial charge in [-0.05, 0) is 18.6 Å². The van der Waals surface area contributed by atoms with Crippen molar-refractivity contribution in [2.45, 2.75) is 13.3 Å². The second-order valence-corrected chi connectivity index (χ2v) is 6.72. The molecule has 0 aromatic heterocycles. The van der Waals surface area contributed by atoms with Crippen molar-refractivity contribution >= 4 is 19.7 Å². The summed E-state index contributed by atoms with van der Waals surface area (Å²) >= 11 is 0. The van der Waals surface area contributed by atoms with Gasteiger partial charge in [-0.1, -0.05) is 19.1 Å². The van der Waals surface area contributed by atoms with Gasteiger partial charge in [0.05, 0.1) is 17.9 Å². The van der Waals surface area contributed by atoms with Gasteiger partial charge in [-0.3, -0.25) is 0 Å². The second-order valence-electron chi connectivity index (χ2n) is 3.90. The molecule has 0 N–H and O–H groups in total. The van der Waals surface area contributed by atoms with E-state index in [1.165, 1.54) is 0 Å². The molecule has 0 amide bonds. The molecule has 1 atom stereocenters. The molecule has 0 aliphatic rings. The lowest BCUT2D eigenvalue weighted by Gasteiger charge is -2.14. The van der Waals surface area contributed by atoms with Crippen LogP contribution in [-0.2, 0) is 9.05 Å². The highest BCUT2D eigenvalue weighted by atomic mass is 35.7. The molecule has 0 saturated carbocycles. The first kappa shape index (κ1) is 14.8. The van der Waals surface area contributed by atoms with Gasteiger partial charge in [-0.2, -0.15) is 5.26 Å². The molecule has 6 heteroatoms. The molecule has 1 rings (SSSR count). The van der Waals surface area contributed by atoms with Gasteiger partial charge in [0.1, 0.15) is 11.8 Å². The highest BCUT2D eigenvalue weighted by molar-refractivity contribution is 8.13. The van der Waals surface area contributed by atoms with Gasteiger partial charge in [0.15, 0.2) is 0 Å². The predicted molar refractivity (Wildman–Crippen MR) is 70.1 cm³/mol. The average Bonchev–Trinajstić information content (AvgIpc) is 2.33. The number of ether oxygens (including phenoxy) is 1. The number of rotatable bonds is 6. The normalized spacial score (nSPS) is 12.7. The maximum Gasteiger partial charge on any atom is 0.232 e. The highest BCUT2D eigenvalue weighted by Gasteiger charge is 2.16. The Balaban J connectivity index is 2.66.